The second-order valence-electron chi connectivity index (χ2n) is 5.90. The Morgan fingerprint density at radius 2 is 2.08 bits per heavy atom. The van der Waals surface area contributed by atoms with Gasteiger partial charge in [-0.05, 0) is 30.2 Å². The molecule has 0 aliphatic carbocycles. The molecule has 0 saturated heterocycles. The van der Waals surface area contributed by atoms with Crippen LogP contribution in [0.15, 0.2) is 48.7 Å². The summed E-state index contributed by atoms with van der Waals surface area (Å²) in [5.41, 5.74) is 3.00. The molecule has 0 aliphatic heterocycles. The zero-order valence-electron chi connectivity index (χ0n) is 13.6. The number of H-pyrrole nitrogens is 1. The van der Waals surface area contributed by atoms with Crippen LogP contribution in [0.3, 0.4) is 0 Å². The molecule has 0 radical (unpaired) electrons. The van der Waals surface area contributed by atoms with E-state index in [0.717, 1.165) is 21.3 Å². The fraction of sp³-hybridized carbons (Fsp3) is 0.158. The Bertz CT molecular complexity index is 1070. The zero-order chi connectivity index (χ0) is 17.4. The van der Waals surface area contributed by atoms with Crippen molar-refractivity contribution in [2.45, 2.75) is 12.8 Å². The highest BCUT2D eigenvalue weighted by molar-refractivity contribution is 7.22. The average molecular weight is 370 g/mol. The highest BCUT2D eigenvalue weighted by Crippen LogP contribution is 2.32. The van der Waals surface area contributed by atoms with Crippen molar-refractivity contribution >= 4 is 55.1 Å². The summed E-state index contributed by atoms with van der Waals surface area (Å²) in [6, 6.07) is 13.8. The molecular formula is C19H16ClN3OS. The van der Waals surface area contributed by atoms with Crippen molar-refractivity contribution in [3.05, 3.63) is 59.2 Å². The molecular weight excluding hydrogens is 354 g/mol. The Labute approximate surface area is 154 Å². The van der Waals surface area contributed by atoms with Gasteiger partial charge in [-0.15, -0.1) is 0 Å². The minimum absolute atomic E-state index is 0.0421. The topological polar surface area (TPSA) is 49.0 Å². The Morgan fingerprint density at radius 3 is 2.92 bits per heavy atom. The third-order valence-electron chi connectivity index (χ3n) is 4.30. The molecule has 126 valence electrons. The number of nitrogens with zero attached hydrogens (tertiary/aromatic N) is 2. The van der Waals surface area contributed by atoms with E-state index in [1.807, 2.05) is 42.6 Å². The number of nitrogens with one attached hydrogen (secondary N) is 1. The number of rotatable bonds is 4. The van der Waals surface area contributed by atoms with E-state index in [1.165, 1.54) is 16.7 Å². The average Bonchev–Trinajstić information content (AvgIpc) is 3.24. The van der Waals surface area contributed by atoms with Crippen LogP contribution in [0.5, 0.6) is 0 Å². The summed E-state index contributed by atoms with van der Waals surface area (Å²) in [5.74, 6) is 0.0421. The van der Waals surface area contributed by atoms with Gasteiger partial charge < -0.3 is 4.98 Å². The molecule has 0 atom stereocenters. The van der Waals surface area contributed by atoms with Gasteiger partial charge in [0, 0.05) is 30.6 Å². The molecule has 2 aromatic carbocycles. The SMILES string of the molecule is CN(C(=O)CCc1c[nH]c2ccccc12)c1nc2c(Cl)cccc2s1. The van der Waals surface area contributed by atoms with Crippen molar-refractivity contribution < 1.29 is 4.79 Å². The van der Waals surface area contributed by atoms with Crippen LogP contribution in [0.2, 0.25) is 5.02 Å². The number of hydrogen-bond donors (Lipinski definition) is 1. The van der Waals surface area contributed by atoms with Gasteiger partial charge in [-0.1, -0.05) is 47.2 Å². The Morgan fingerprint density at radius 1 is 1.24 bits per heavy atom. The number of benzene rings is 2. The number of carbonyl (C=O) groups excluding carboxylic acids is 1. The summed E-state index contributed by atoms with van der Waals surface area (Å²) in [5, 5.41) is 2.45. The Hall–Kier alpha value is -2.37. The molecule has 4 nitrogen and oxygen atoms in total. The summed E-state index contributed by atoms with van der Waals surface area (Å²) in [7, 11) is 1.77. The zero-order valence-corrected chi connectivity index (χ0v) is 15.2. The van der Waals surface area contributed by atoms with E-state index < -0.39 is 0 Å². The second kappa shape index (κ2) is 6.50. The molecule has 1 N–H and O–H groups in total. The van der Waals surface area contributed by atoms with E-state index in [0.29, 0.717) is 23.0 Å². The van der Waals surface area contributed by atoms with Crippen LogP contribution in [0.1, 0.15) is 12.0 Å². The minimum Gasteiger partial charge on any atom is -0.361 e. The number of aryl methyl sites for hydroxylation is 1. The number of carbonyl (C=O) groups is 1. The van der Waals surface area contributed by atoms with Gasteiger partial charge in [0.05, 0.1) is 9.72 Å². The highest BCUT2D eigenvalue weighted by Gasteiger charge is 2.17. The molecule has 0 bridgehead atoms. The smallest absolute Gasteiger partial charge is 0.228 e. The summed E-state index contributed by atoms with van der Waals surface area (Å²) in [6.45, 7) is 0. The van der Waals surface area contributed by atoms with E-state index in [-0.39, 0.29) is 5.91 Å². The predicted molar refractivity (Wildman–Crippen MR) is 105 cm³/mol. The Balaban J connectivity index is 1.51. The third-order valence-corrected chi connectivity index (χ3v) is 5.70. The van der Waals surface area contributed by atoms with Gasteiger partial charge in [-0.3, -0.25) is 9.69 Å². The fourth-order valence-electron chi connectivity index (χ4n) is 2.90. The van der Waals surface area contributed by atoms with Gasteiger partial charge in [-0.25, -0.2) is 4.98 Å². The predicted octanol–water partition coefficient (Wildman–Crippen LogP) is 5.03. The van der Waals surface area contributed by atoms with E-state index in [4.69, 9.17) is 11.6 Å². The molecule has 0 saturated carbocycles. The van der Waals surface area contributed by atoms with Crippen LogP contribution in [0.4, 0.5) is 5.13 Å². The first-order valence-corrected chi connectivity index (χ1v) is 9.19. The number of aromatic nitrogens is 2. The molecule has 4 aromatic rings. The number of anilines is 1. The number of para-hydroxylation sites is 2. The lowest BCUT2D eigenvalue weighted by atomic mass is 10.1. The van der Waals surface area contributed by atoms with Gasteiger partial charge in [0.25, 0.3) is 0 Å². The van der Waals surface area contributed by atoms with Crippen molar-refractivity contribution in [2.75, 3.05) is 11.9 Å². The molecule has 0 aliphatic rings. The van der Waals surface area contributed by atoms with Crippen LogP contribution in [-0.2, 0) is 11.2 Å². The Kier molecular flexibility index (Phi) is 4.19. The maximum Gasteiger partial charge on any atom is 0.228 e. The third kappa shape index (κ3) is 3.01. The number of halogens is 1. The number of fused-ring (bicyclic) bond motifs is 2. The molecule has 6 heteroatoms. The van der Waals surface area contributed by atoms with E-state index in [9.17, 15) is 4.79 Å². The van der Waals surface area contributed by atoms with Crippen LogP contribution < -0.4 is 4.90 Å². The van der Waals surface area contributed by atoms with E-state index in [1.54, 1.807) is 11.9 Å². The monoisotopic (exact) mass is 369 g/mol. The summed E-state index contributed by atoms with van der Waals surface area (Å²) in [4.78, 5) is 22.0. The molecule has 25 heavy (non-hydrogen) atoms. The first kappa shape index (κ1) is 16.1. The maximum absolute atomic E-state index is 12.6. The van der Waals surface area contributed by atoms with Gasteiger partial charge >= 0.3 is 0 Å². The molecule has 4 rings (SSSR count). The quantitative estimate of drug-likeness (QED) is 0.548. The maximum atomic E-state index is 12.6. The van der Waals surface area contributed by atoms with Crippen LogP contribution in [-0.4, -0.2) is 22.9 Å². The van der Waals surface area contributed by atoms with Crippen molar-refractivity contribution in [3.63, 3.8) is 0 Å². The standard InChI is InChI=1S/C19H16ClN3OS/c1-23(19-22-18-14(20)6-4-8-16(18)25-19)17(24)10-9-12-11-21-15-7-3-2-5-13(12)15/h2-8,11,21H,9-10H2,1H3. The highest BCUT2D eigenvalue weighted by atomic mass is 35.5. The van der Waals surface area contributed by atoms with Crippen LogP contribution in [0, 0.1) is 0 Å². The molecule has 0 unspecified atom stereocenters. The molecule has 1 amide bonds. The number of amides is 1. The van der Waals surface area contributed by atoms with Crippen molar-refractivity contribution in [3.8, 4) is 0 Å². The van der Waals surface area contributed by atoms with Crippen molar-refractivity contribution in [2.24, 2.45) is 0 Å². The first-order valence-electron chi connectivity index (χ1n) is 8.00. The largest absolute Gasteiger partial charge is 0.361 e. The molecule has 0 spiro atoms. The van der Waals surface area contributed by atoms with E-state index >= 15 is 0 Å². The normalized spacial score (nSPS) is 11.3. The summed E-state index contributed by atoms with van der Waals surface area (Å²) >= 11 is 7.65. The minimum atomic E-state index is 0.0421. The van der Waals surface area contributed by atoms with Gasteiger partial charge in [0.1, 0.15) is 5.52 Å². The summed E-state index contributed by atoms with van der Waals surface area (Å²) < 4.78 is 0.985. The van der Waals surface area contributed by atoms with E-state index in [2.05, 4.69) is 16.0 Å². The molecule has 2 heterocycles. The fourth-order valence-corrected chi connectivity index (χ4v) is 4.15. The van der Waals surface area contributed by atoms with Gasteiger partial charge in [0.2, 0.25) is 5.91 Å². The molecule has 0 fully saturated rings. The lowest BCUT2D eigenvalue weighted by molar-refractivity contribution is -0.118. The lowest BCUT2D eigenvalue weighted by Crippen LogP contribution is -2.26. The number of hydrogen-bond acceptors (Lipinski definition) is 3. The van der Waals surface area contributed by atoms with Crippen molar-refractivity contribution in [1.82, 2.24) is 9.97 Å². The summed E-state index contributed by atoms with van der Waals surface area (Å²) in [6.07, 6.45) is 3.11. The number of thiazole rings is 1. The van der Waals surface area contributed by atoms with Crippen LogP contribution in [0.25, 0.3) is 21.1 Å². The number of aromatic amines is 1. The van der Waals surface area contributed by atoms with Gasteiger partial charge in [-0.2, -0.15) is 0 Å². The first-order chi connectivity index (χ1) is 12.1. The second-order valence-corrected chi connectivity index (χ2v) is 7.31. The lowest BCUT2D eigenvalue weighted by Gasteiger charge is -2.13. The van der Waals surface area contributed by atoms with Crippen LogP contribution >= 0.6 is 22.9 Å². The molecule has 2 aromatic heterocycles. The van der Waals surface area contributed by atoms with Crippen molar-refractivity contribution in [1.29, 1.82) is 0 Å². The van der Waals surface area contributed by atoms with Gasteiger partial charge in [0.15, 0.2) is 5.13 Å².